The van der Waals surface area contributed by atoms with E-state index in [2.05, 4.69) is 15.2 Å². The van der Waals surface area contributed by atoms with Gasteiger partial charge in [-0.15, -0.1) is 0 Å². The summed E-state index contributed by atoms with van der Waals surface area (Å²) in [5.41, 5.74) is 5.44. The lowest BCUT2D eigenvalue weighted by atomic mass is 10.3. The second-order valence-electron chi connectivity index (χ2n) is 3.81. The summed E-state index contributed by atoms with van der Waals surface area (Å²) in [6, 6.07) is 0. The van der Waals surface area contributed by atoms with Crippen LogP contribution in [0.2, 0.25) is 4.34 Å². The average molecular weight is 281 g/mol. The number of hydrogen-bond donors (Lipinski definition) is 2. The maximum Gasteiger partial charge on any atom is 0.272 e. The highest BCUT2D eigenvalue weighted by atomic mass is 35.5. The van der Waals surface area contributed by atoms with E-state index in [1.54, 1.807) is 0 Å². The smallest absolute Gasteiger partial charge is 0.272 e. The first-order valence-electron chi connectivity index (χ1n) is 5.57. The summed E-state index contributed by atoms with van der Waals surface area (Å²) in [6.45, 7) is 3.36. The summed E-state index contributed by atoms with van der Waals surface area (Å²) in [6.07, 6.45) is 2.05. The van der Waals surface area contributed by atoms with Crippen LogP contribution in [-0.2, 0) is 0 Å². The zero-order valence-electron chi connectivity index (χ0n) is 9.88. The number of halogens is 2. The van der Waals surface area contributed by atoms with Crippen molar-refractivity contribution >= 4 is 28.8 Å². The van der Waals surface area contributed by atoms with Crippen LogP contribution in [0.1, 0.15) is 12.8 Å². The van der Waals surface area contributed by atoms with Gasteiger partial charge in [0.1, 0.15) is 4.34 Å². The van der Waals surface area contributed by atoms with Crippen LogP contribution in [0.3, 0.4) is 0 Å². The van der Waals surface area contributed by atoms with Crippen molar-refractivity contribution < 1.29 is 4.39 Å². The Kier molecular flexibility index (Phi) is 6.72. The maximum absolute atomic E-state index is 12.7. The molecule has 0 fully saturated rings. The molecule has 0 aliphatic heterocycles. The number of rotatable bonds is 8. The summed E-state index contributed by atoms with van der Waals surface area (Å²) in [4.78, 5) is 5.84. The van der Waals surface area contributed by atoms with E-state index >= 15 is 0 Å². The van der Waals surface area contributed by atoms with Gasteiger partial charge in [-0.1, -0.05) is 22.9 Å². The number of anilines is 1. The molecule has 0 saturated heterocycles. The van der Waals surface area contributed by atoms with Gasteiger partial charge in [-0.25, -0.2) is 0 Å². The van der Waals surface area contributed by atoms with Crippen LogP contribution in [0.4, 0.5) is 10.2 Å². The first-order chi connectivity index (χ1) is 8.13. The van der Waals surface area contributed by atoms with Crippen LogP contribution in [0.5, 0.6) is 0 Å². The molecule has 0 amide bonds. The van der Waals surface area contributed by atoms with Gasteiger partial charge in [0.2, 0.25) is 0 Å². The minimum atomic E-state index is -0.500. The van der Waals surface area contributed by atoms with Crippen molar-refractivity contribution in [3.05, 3.63) is 9.60 Å². The Balaban J connectivity index is 2.10. The molecule has 98 valence electrons. The maximum atomic E-state index is 12.7. The van der Waals surface area contributed by atoms with Crippen molar-refractivity contribution in [3.63, 3.8) is 0 Å². The highest BCUT2D eigenvalue weighted by Gasteiger charge is 2.07. The van der Waals surface area contributed by atoms with Crippen LogP contribution >= 0.6 is 22.9 Å². The molecular weight excluding hydrogens is 263 g/mol. The monoisotopic (exact) mass is 280 g/mol. The molecule has 0 aromatic carbocycles. The summed E-state index contributed by atoms with van der Waals surface area (Å²) in [5.74, 6) is 0.449. The largest absolute Gasteiger partial charge is 0.368 e. The number of nitrogens with zero attached hydrogens (tertiary/aromatic N) is 2. The molecule has 0 saturated carbocycles. The molecule has 0 radical (unpaired) electrons. The number of hydrogen-bond acceptors (Lipinski definition) is 5. The number of nitrogens with one attached hydrogen (secondary N) is 1. The second kappa shape index (κ2) is 7.81. The summed E-state index contributed by atoms with van der Waals surface area (Å²) < 4.78 is 13.1. The molecular formula is C10H18ClFN4S. The number of likely N-dealkylation sites (N-methyl/N-ethyl adjacent to an activating group) is 1. The molecule has 1 aromatic heterocycles. The minimum absolute atomic E-state index is 0.378. The van der Waals surface area contributed by atoms with E-state index in [0.29, 0.717) is 16.7 Å². The van der Waals surface area contributed by atoms with E-state index in [-0.39, 0.29) is 0 Å². The van der Waals surface area contributed by atoms with Crippen LogP contribution in [0.25, 0.3) is 0 Å². The lowest BCUT2D eigenvalue weighted by Crippen LogP contribution is -2.26. The highest BCUT2D eigenvalue weighted by molar-refractivity contribution is 7.15. The Hall–Kier alpha value is -0.430. The van der Waals surface area contributed by atoms with Gasteiger partial charge in [-0.2, -0.15) is 9.37 Å². The predicted molar refractivity (Wildman–Crippen MR) is 71.4 cm³/mol. The van der Waals surface area contributed by atoms with E-state index in [1.807, 2.05) is 7.05 Å². The molecule has 17 heavy (non-hydrogen) atoms. The standard InChI is InChI=1S/C10H18ClFN4S/c1-16(7-4-13)6-3-2-5-14-9-8(11)17-10(12)15-9/h14H,2-7,13H2,1H3. The third-order valence-electron chi connectivity index (χ3n) is 2.33. The Morgan fingerprint density at radius 1 is 1.47 bits per heavy atom. The lowest BCUT2D eigenvalue weighted by molar-refractivity contribution is 0.336. The third-order valence-corrected chi connectivity index (χ3v) is 3.37. The Bertz CT molecular complexity index is 334. The van der Waals surface area contributed by atoms with Gasteiger partial charge in [0.15, 0.2) is 5.82 Å². The molecule has 0 aliphatic carbocycles. The lowest BCUT2D eigenvalue weighted by Gasteiger charge is -2.14. The summed E-state index contributed by atoms with van der Waals surface area (Å²) in [5, 5.41) is 2.52. The molecule has 1 rings (SSSR count). The second-order valence-corrected chi connectivity index (χ2v) is 5.37. The molecule has 3 N–H and O–H groups in total. The fraction of sp³-hybridized carbons (Fsp3) is 0.700. The zero-order chi connectivity index (χ0) is 12.7. The van der Waals surface area contributed by atoms with Crippen molar-refractivity contribution in [2.75, 3.05) is 38.5 Å². The Morgan fingerprint density at radius 2 is 2.24 bits per heavy atom. The van der Waals surface area contributed by atoms with Crippen molar-refractivity contribution in [1.29, 1.82) is 0 Å². The molecule has 4 nitrogen and oxygen atoms in total. The van der Waals surface area contributed by atoms with Gasteiger partial charge in [0.05, 0.1) is 0 Å². The molecule has 0 bridgehead atoms. The van der Waals surface area contributed by atoms with Crippen molar-refractivity contribution in [2.24, 2.45) is 5.73 Å². The van der Waals surface area contributed by atoms with Crippen molar-refractivity contribution in [2.45, 2.75) is 12.8 Å². The SMILES string of the molecule is CN(CCN)CCCCNc1nc(F)sc1Cl. The fourth-order valence-corrected chi connectivity index (χ4v) is 2.23. The molecule has 7 heteroatoms. The Morgan fingerprint density at radius 3 is 2.82 bits per heavy atom. The van der Waals surface area contributed by atoms with E-state index < -0.39 is 5.26 Å². The van der Waals surface area contributed by atoms with Gasteiger partial charge < -0.3 is 16.0 Å². The van der Waals surface area contributed by atoms with Gasteiger partial charge in [-0.05, 0) is 26.4 Å². The average Bonchev–Trinajstić information content (AvgIpc) is 2.57. The van der Waals surface area contributed by atoms with Crippen molar-refractivity contribution in [3.8, 4) is 0 Å². The molecule has 1 aromatic rings. The topological polar surface area (TPSA) is 54.2 Å². The molecule has 0 spiro atoms. The molecule has 0 aliphatic rings. The fourth-order valence-electron chi connectivity index (χ4n) is 1.43. The van der Waals surface area contributed by atoms with Crippen LogP contribution in [0, 0.1) is 5.26 Å². The van der Waals surface area contributed by atoms with Gasteiger partial charge in [0, 0.05) is 19.6 Å². The normalized spacial score (nSPS) is 11.1. The first kappa shape index (κ1) is 14.6. The number of unbranched alkanes of at least 4 members (excludes halogenated alkanes) is 1. The third kappa shape index (κ3) is 5.63. The number of aromatic nitrogens is 1. The molecule has 1 heterocycles. The van der Waals surface area contributed by atoms with Crippen LogP contribution in [-0.4, -0.2) is 43.1 Å². The van der Waals surface area contributed by atoms with Gasteiger partial charge in [0.25, 0.3) is 5.26 Å². The molecule has 0 atom stereocenters. The predicted octanol–water partition coefficient (Wildman–Crippen LogP) is 2.02. The van der Waals surface area contributed by atoms with E-state index in [9.17, 15) is 4.39 Å². The summed E-state index contributed by atoms with van der Waals surface area (Å²) in [7, 11) is 2.05. The number of thiazole rings is 1. The summed E-state index contributed by atoms with van der Waals surface area (Å²) >= 11 is 6.63. The van der Waals surface area contributed by atoms with E-state index in [4.69, 9.17) is 17.3 Å². The number of nitrogens with two attached hydrogens (primary N) is 1. The van der Waals surface area contributed by atoms with Crippen LogP contribution < -0.4 is 11.1 Å². The first-order valence-corrected chi connectivity index (χ1v) is 6.77. The van der Waals surface area contributed by atoms with E-state index in [1.165, 1.54) is 0 Å². The highest BCUT2D eigenvalue weighted by Crippen LogP contribution is 2.27. The van der Waals surface area contributed by atoms with Gasteiger partial charge in [-0.3, -0.25) is 0 Å². The quantitative estimate of drug-likeness (QED) is 0.716. The van der Waals surface area contributed by atoms with Gasteiger partial charge >= 0.3 is 0 Å². The minimum Gasteiger partial charge on any atom is -0.368 e. The van der Waals surface area contributed by atoms with Crippen molar-refractivity contribution in [1.82, 2.24) is 9.88 Å². The zero-order valence-corrected chi connectivity index (χ0v) is 11.5. The molecule has 0 unspecified atom stereocenters. The van der Waals surface area contributed by atoms with Crippen LogP contribution in [0.15, 0.2) is 0 Å². The Labute approximate surface area is 110 Å². The van der Waals surface area contributed by atoms with E-state index in [0.717, 1.165) is 43.8 Å².